The van der Waals surface area contributed by atoms with Crippen molar-refractivity contribution in [1.82, 2.24) is 5.32 Å². The predicted octanol–water partition coefficient (Wildman–Crippen LogP) is 3.82. The van der Waals surface area contributed by atoms with Crippen molar-refractivity contribution < 1.29 is 14.9 Å². The van der Waals surface area contributed by atoms with Crippen LogP contribution in [0, 0.1) is 0 Å². The summed E-state index contributed by atoms with van der Waals surface area (Å²) in [6.45, 7) is 8.71. The number of benzene rings is 2. The van der Waals surface area contributed by atoms with Crippen molar-refractivity contribution in [2.75, 3.05) is 12.4 Å². The van der Waals surface area contributed by atoms with Crippen LogP contribution in [0.2, 0.25) is 0 Å². The van der Waals surface area contributed by atoms with Gasteiger partial charge in [0.25, 0.3) is 0 Å². The fourth-order valence-corrected chi connectivity index (χ4v) is 2.87. The van der Waals surface area contributed by atoms with E-state index in [-0.39, 0.29) is 17.3 Å². The van der Waals surface area contributed by atoms with E-state index in [9.17, 15) is 10.2 Å². The molecule has 0 aliphatic carbocycles. The third-order valence-corrected chi connectivity index (χ3v) is 4.14. The second-order valence-corrected chi connectivity index (χ2v) is 7.61. The molecule has 142 valence electrons. The summed E-state index contributed by atoms with van der Waals surface area (Å²) in [5.41, 5.74) is 2.33. The summed E-state index contributed by atoms with van der Waals surface area (Å²) >= 11 is 0. The molecule has 0 fully saturated rings. The Balaban J connectivity index is 2.08. The number of ether oxygens (including phenoxy) is 1. The Hall–Kier alpha value is -2.24. The average molecular weight is 358 g/mol. The zero-order valence-electron chi connectivity index (χ0n) is 16.2. The third kappa shape index (κ3) is 5.64. The molecule has 2 aromatic carbocycles. The highest BCUT2D eigenvalue weighted by Gasteiger charge is 2.22. The lowest BCUT2D eigenvalue weighted by atomic mass is 9.99. The number of aliphatic hydroxyl groups is 1. The molecule has 0 aromatic heterocycles. The van der Waals surface area contributed by atoms with Crippen LogP contribution < -0.4 is 15.4 Å². The van der Waals surface area contributed by atoms with Crippen LogP contribution in [-0.2, 0) is 6.54 Å². The van der Waals surface area contributed by atoms with Gasteiger partial charge in [-0.3, -0.25) is 0 Å². The number of phenols is 1. The number of phenolic OH excluding ortho intramolecular Hbond substituents is 1. The Bertz CT molecular complexity index is 708. The van der Waals surface area contributed by atoms with Gasteiger partial charge >= 0.3 is 0 Å². The molecule has 2 unspecified atom stereocenters. The molecule has 0 amide bonds. The number of methoxy groups -OCH3 is 1. The van der Waals surface area contributed by atoms with Gasteiger partial charge in [-0.1, -0.05) is 18.2 Å². The summed E-state index contributed by atoms with van der Waals surface area (Å²) in [5, 5.41) is 27.3. The number of nitrogens with one attached hydrogen (secondary N) is 2. The Morgan fingerprint density at radius 1 is 1.08 bits per heavy atom. The average Bonchev–Trinajstić information content (AvgIpc) is 2.59. The topological polar surface area (TPSA) is 73.8 Å². The molecule has 0 aliphatic heterocycles. The molecule has 0 aliphatic rings. The standard InChI is InChI=1S/C21H30N2O3/c1-14(23-21(2,3)4)20(25)16-8-11-19(24)18(12-16)22-13-15-6-9-17(26-5)10-7-15/h6-12,14,20,22-25H,13H2,1-5H3. The maximum absolute atomic E-state index is 10.6. The number of aliphatic hydroxyl groups excluding tert-OH is 1. The van der Waals surface area contributed by atoms with Crippen LogP contribution in [0.4, 0.5) is 5.69 Å². The van der Waals surface area contributed by atoms with E-state index in [4.69, 9.17) is 4.74 Å². The second kappa shape index (κ2) is 8.43. The highest BCUT2D eigenvalue weighted by Crippen LogP contribution is 2.29. The number of anilines is 1. The van der Waals surface area contributed by atoms with E-state index in [0.29, 0.717) is 12.2 Å². The lowest BCUT2D eigenvalue weighted by Crippen LogP contribution is -2.44. The Morgan fingerprint density at radius 2 is 1.73 bits per heavy atom. The fourth-order valence-electron chi connectivity index (χ4n) is 2.87. The van der Waals surface area contributed by atoms with E-state index >= 15 is 0 Å². The smallest absolute Gasteiger partial charge is 0.138 e. The van der Waals surface area contributed by atoms with Crippen LogP contribution >= 0.6 is 0 Å². The van der Waals surface area contributed by atoms with Gasteiger partial charge in [-0.05, 0) is 63.1 Å². The highest BCUT2D eigenvalue weighted by molar-refractivity contribution is 5.58. The Kier molecular flexibility index (Phi) is 6.51. The molecule has 2 rings (SSSR count). The van der Waals surface area contributed by atoms with E-state index in [0.717, 1.165) is 16.9 Å². The van der Waals surface area contributed by atoms with E-state index in [1.54, 1.807) is 25.3 Å². The van der Waals surface area contributed by atoms with Crippen molar-refractivity contribution in [2.24, 2.45) is 0 Å². The van der Waals surface area contributed by atoms with Crippen LogP contribution in [0.3, 0.4) is 0 Å². The summed E-state index contributed by atoms with van der Waals surface area (Å²) in [4.78, 5) is 0. The summed E-state index contributed by atoms with van der Waals surface area (Å²) in [7, 11) is 1.64. The molecule has 5 heteroatoms. The van der Waals surface area contributed by atoms with Crippen molar-refractivity contribution in [1.29, 1.82) is 0 Å². The molecule has 2 atom stereocenters. The van der Waals surface area contributed by atoms with Crippen LogP contribution in [0.1, 0.15) is 44.9 Å². The molecule has 0 saturated carbocycles. The van der Waals surface area contributed by atoms with E-state index < -0.39 is 6.10 Å². The van der Waals surface area contributed by atoms with Gasteiger partial charge < -0.3 is 25.6 Å². The van der Waals surface area contributed by atoms with E-state index in [2.05, 4.69) is 31.4 Å². The fraction of sp³-hybridized carbons (Fsp3) is 0.429. The largest absolute Gasteiger partial charge is 0.506 e. The molecule has 0 radical (unpaired) electrons. The Morgan fingerprint density at radius 3 is 2.31 bits per heavy atom. The van der Waals surface area contributed by atoms with Gasteiger partial charge in [0.05, 0.1) is 18.9 Å². The summed E-state index contributed by atoms with van der Waals surface area (Å²) in [5.74, 6) is 0.966. The van der Waals surface area contributed by atoms with Crippen molar-refractivity contribution >= 4 is 5.69 Å². The molecule has 4 N–H and O–H groups in total. The lowest BCUT2D eigenvalue weighted by Gasteiger charge is -2.29. The number of hydrogen-bond acceptors (Lipinski definition) is 5. The highest BCUT2D eigenvalue weighted by atomic mass is 16.5. The van der Waals surface area contributed by atoms with Crippen LogP contribution in [0.25, 0.3) is 0 Å². The van der Waals surface area contributed by atoms with Gasteiger partial charge in [-0.25, -0.2) is 0 Å². The minimum atomic E-state index is -0.670. The zero-order chi connectivity index (χ0) is 19.3. The molecule has 2 aromatic rings. The zero-order valence-corrected chi connectivity index (χ0v) is 16.2. The van der Waals surface area contributed by atoms with Crippen molar-refractivity contribution in [2.45, 2.75) is 51.9 Å². The monoisotopic (exact) mass is 358 g/mol. The predicted molar refractivity (Wildman–Crippen MR) is 106 cm³/mol. The quantitative estimate of drug-likeness (QED) is 0.566. The van der Waals surface area contributed by atoms with Crippen LogP contribution in [0.5, 0.6) is 11.5 Å². The van der Waals surface area contributed by atoms with Gasteiger partial charge in [-0.2, -0.15) is 0 Å². The molecule has 0 heterocycles. The molecular formula is C21H30N2O3. The van der Waals surface area contributed by atoms with Gasteiger partial charge in [0.15, 0.2) is 0 Å². The maximum Gasteiger partial charge on any atom is 0.138 e. The molecule has 0 bridgehead atoms. The second-order valence-electron chi connectivity index (χ2n) is 7.61. The minimum Gasteiger partial charge on any atom is -0.506 e. The molecular weight excluding hydrogens is 328 g/mol. The first-order valence-corrected chi connectivity index (χ1v) is 8.85. The van der Waals surface area contributed by atoms with Crippen molar-refractivity contribution in [3.05, 3.63) is 53.6 Å². The summed E-state index contributed by atoms with van der Waals surface area (Å²) < 4.78 is 5.16. The molecule has 0 spiro atoms. The first kappa shape index (κ1) is 20.1. The number of aromatic hydroxyl groups is 1. The number of rotatable bonds is 7. The Labute approximate surface area is 156 Å². The first-order chi connectivity index (χ1) is 12.2. The van der Waals surface area contributed by atoms with Gasteiger partial charge in [-0.15, -0.1) is 0 Å². The maximum atomic E-state index is 10.6. The normalized spacial score (nSPS) is 13.9. The third-order valence-electron chi connectivity index (χ3n) is 4.14. The summed E-state index contributed by atoms with van der Waals surface area (Å²) in [6, 6.07) is 12.8. The molecule has 26 heavy (non-hydrogen) atoms. The molecule has 5 nitrogen and oxygen atoms in total. The van der Waals surface area contributed by atoms with Gasteiger partial charge in [0.1, 0.15) is 11.5 Å². The minimum absolute atomic E-state index is 0.0905. The summed E-state index contributed by atoms with van der Waals surface area (Å²) in [6.07, 6.45) is -0.670. The van der Waals surface area contributed by atoms with Crippen molar-refractivity contribution in [3.63, 3.8) is 0 Å². The van der Waals surface area contributed by atoms with Gasteiger partial charge in [0.2, 0.25) is 0 Å². The van der Waals surface area contributed by atoms with E-state index in [1.165, 1.54) is 0 Å². The molecule has 0 saturated heterocycles. The van der Waals surface area contributed by atoms with Gasteiger partial charge in [0, 0.05) is 18.1 Å². The van der Waals surface area contributed by atoms with Crippen molar-refractivity contribution in [3.8, 4) is 11.5 Å². The van der Waals surface area contributed by atoms with Crippen LogP contribution in [0.15, 0.2) is 42.5 Å². The SMILES string of the molecule is COc1ccc(CNc2cc(C(O)C(C)NC(C)(C)C)ccc2O)cc1. The van der Waals surface area contributed by atoms with E-state index in [1.807, 2.05) is 31.2 Å². The first-order valence-electron chi connectivity index (χ1n) is 8.85. The lowest BCUT2D eigenvalue weighted by molar-refractivity contribution is 0.121. The number of hydrogen-bond donors (Lipinski definition) is 4. The van der Waals surface area contributed by atoms with Crippen LogP contribution in [-0.4, -0.2) is 28.9 Å².